The molecule has 0 heterocycles. The molecular weight excluding hydrogens is 352 g/mol. The molecule has 4 heteroatoms. The number of rotatable bonds is 9. The molecule has 152 valence electrons. The van der Waals surface area contributed by atoms with E-state index in [9.17, 15) is 4.79 Å². The van der Waals surface area contributed by atoms with Crippen molar-refractivity contribution in [1.29, 1.82) is 0 Å². The Hall–Kier alpha value is -2.33. The van der Waals surface area contributed by atoms with E-state index in [4.69, 9.17) is 14.6 Å². The van der Waals surface area contributed by atoms with Gasteiger partial charge in [0.15, 0.2) is 6.29 Å². The number of carboxylic acid groups (broad SMARTS) is 1. The lowest BCUT2D eigenvalue weighted by Gasteiger charge is -2.31. The molecule has 0 saturated carbocycles. The molecule has 0 amide bonds. The average Bonchev–Trinajstić information content (AvgIpc) is 2.65. The van der Waals surface area contributed by atoms with Gasteiger partial charge >= 0.3 is 5.97 Å². The Balaban J connectivity index is 1.91. The second kappa shape index (κ2) is 9.74. The van der Waals surface area contributed by atoms with Gasteiger partial charge in [-0.1, -0.05) is 58.4 Å². The van der Waals surface area contributed by atoms with E-state index < -0.39 is 12.3 Å². The lowest BCUT2D eigenvalue weighted by atomic mass is 9.74. The molecule has 2 unspecified atom stereocenters. The predicted octanol–water partition coefficient (Wildman–Crippen LogP) is 6.26. The molecule has 0 bridgehead atoms. The summed E-state index contributed by atoms with van der Waals surface area (Å²) in [6.07, 6.45) is 1.93. The van der Waals surface area contributed by atoms with Crippen LogP contribution in [-0.4, -0.2) is 17.4 Å². The van der Waals surface area contributed by atoms with Crippen LogP contribution in [0.3, 0.4) is 0 Å². The van der Waals surface area contributed by atoms with E-state index in [0.29, 0.717) is 12.5 Å². The summed E-state index contributed by atoms with van der Waals surface area (Å²) in [6.45, 7) is 11.3. The quantitative estimate of drug-likeness (QED) is 0.519. The Morgan fingerprint density at radius 3 is 2.14 bits per heavy atom. The van der Waals surface area contributed by atoms with Crippen LogP contribution in [0.5, 0.6) is 5.75 Å². The largest absolute Gasteiger partial charge is 0.478 e. The van der Waals surface area contributed by atoms with Crippen LogP contribution < -0.4 is 4.74 Å². The van der Waals surface area contributed by atoms with E-state index in [-0.39, 0.29) is 11.0 Å². The lowest BCUT2D eigenvalue weighted by molar-refractivity contribution is -0.0759. The Kier molecular flexibility index (Phi) is 7.64. The average molecular weight is 385 g/mol. The number of hydrogen-bond donors (Lipinski definition) is 1. The third-order valence-electron chi connectivity index (χ3n) is 4.89. The molecule has 0 radical (unpaired) electrons. The maximum Gasteiger partial charge on any atom is 0.335 e. The molecule has 0 aliphatic heterocycles. The van der Waals surface area contributed by atoms with Crippen LogP contribution in [0.2, 0.25) is 0 Å². The third kappa shape index (κ3) is 6.38. The first-order valence-electron chi connectivity index (χ1n) is 9.91. The van der Waals surface area contributed by atoms with Gasteiger partial charge < -0.3 is 14.6 Å². The van der Waals surface area contributed by atoms with Crippen molar-refractivity contribution in [3.63, 3.8) is 0 Å². The highest BCUT2D eigenvalue weighted by atomic mass is 16.7. The summed E-state index contributed by atoms with van der Waals surface area (Å²) in [4.78, 5) is 10.9. The number of benzene rings is 2. The molecule has 2 aromatic carbocycles. The van der Waals surface area contributed by atoms with E-state index in [1.807, 2.05) is 19.1 Å². The van der Waals surface area contributed by atoms with Crippen molar-refractivity contribution in [3.05, 3.63) is 65.2 Å². The van der Waals surface area contributed by atoms with Gasteiger partial charge in [-0.15, -0.1) is 0 Å². The fourth-order valence-corrected chi connectivity index (χ4v) is 3.35. The first-order valence-corrected chi connectivity index (χ1v) is 9.91. The molecule has 0 aromatic heterocycles. The van der Waals surface area contributed by atoms with E-state index >= 15 is 0 Å². The molecule has 0 spiro atoms. The zero-order valence-electron chi connectivity index (χ0n) is 17.6. The zero-order chi connectivity index (χ0) is 20.7. The highest BCUT2D eigenvalue weighted by Gasteiger charge is 2.25. The number of carbonyl (C=O) groups is 1. The first kappa shape index (κ1) is 22.0. The van der Waals surface area contributed by atoms with E-state index in [2.05, 4.69) is 39.8 Å². The fourth-order valence-electron chi connectivity index (χ4n) is 3.35. The van der Waals surface area contributed by atoms with Crippen LogP contribution in [0.4, 0.5) is 0 Å². The Bertz CT molecular complexity index is 742. The molecule has 28 heavy (non-hydrogen) atoms. The number of hydrogen-bond acceptors (Lipinski definition) is 3. The predicted molar refractivity (Wildman–Crippen MR) is 112 cm³/mol. The van der Waals surface area contributed by atoms with Crippen molar-refractivity contribution in [2.45, 2.75) is 66.3 Å². The fraction of sp³-hybridized carbons (Fsp3) is 0.458. The molecule has 0 aliphatic carbocycles. The molecule has 0 fully saturated rings. The first-order chi connectivity index (χ1) is 13.2. The number of ether oxygens (including phenoxy) is 2. The summed E-state index contributed by atoms with van der Waals surface area (Å²) in [5, 5.41) is 8.93. The third-order valence-corrected chi connectivity index (χ3v) is 4.89. The van der Waals surface area contributed by atoms with Crippen LogP contribution in [-0.2, 0) is 11.3 Å². The minimum atomic E-state index is -0.930. The van der Waals surface area contributed by atoms with Crippen LogP contribution in [0, 0.1) is 5.41 Å². The summed E-state index contributed by atoms with van der Waals surface area (Å²) in [5.41, 5.74) is 2.74. The van der Waals surface area contributed by atoms with Gasteiger partial charge in [-0.2, -0.15) is 0 Å². The minimum absolute atomic E-state index is 0.227. The van der Waals surface area contributed by atoms with E-state index in [1.54, 1.807) is 24.3 Å². The zero-order valence-corrected chi connectivity index (χ0v) is 17.6. The minimum Gasteiger partial charge on any atom is -0.478 e. The highest BCUT2D eigenvalue weighted by molar-refractivity contribution is 5.87. The summed E-state index contributed by atoms with van der Waals surface area (Å²) in [6, 6.07) is 15.0. The van der Waals surface area contributed by atoms with Crippen molar-refractivity contribution in [2.24, 2.45) is 5.41 Å². The number of aromatic carboxylic acids is 1. The molecular formula is C24H32O4. The molecule has 2 rings (SSSR count). The SMILES string of the molecule is CCCC(c1ccc(OC(C)OCc2ccc(C(=O)O)cc2)cc1)C(C)(C)C. The van der Waals surface area contributed by atoms with Crippen molar-refractivity contribution >= 4 is 5.97 Å². The Labute approximate surface area is 168 Å². The van der Waals surface area contributed by atoms with Gasteiger partial charge in [0.1, 0.15) is 5.75 Å². The monoisotopic (exact) mass is 384 g/mol. The molecule has 4 nitrogen and oxygen atoms in total. The van der Waals surface area contributed by atoms with Crippen molar-refractivity contribution in [3.8, 4) is 5.75 Å². The van der Waals surface area contributed by atoms with Crippen LogP contribution >= 0.6 is 0 Å². The smallest absolute Gasteiger partial charge is 0.335 e. The van der Waals surface area contributed by atoms with E-state index in [0.717, 1.165) is 11.3 Å². The van der Waals surface area contributed by atoms with Gasteiger partial charge in [-0.25, -0.2) is 4.79 Å². The highest BCUT2D eigenvalue weighted by Crippen LogP contribution is 2.39. The summed E-state index contributed by atoms with van der Waals surface area (Å²) in [7, 11) is 0. The van der Waals surface area contributed by atoms with Gasteiger partial charge in [0.05, 0.1) is 12.2 Å². The van der Waals surface area contributed by atoms with Gasteiger partial charge in [0.2, 0.25) is 0 Å². The maximum atomic E-state index is 10.9. The van der Waals surface area contributed by atoms with Gasteiger partial charge in [0, 0.05) is 0 Å². The Morgan fingerprint density at radius 1 is 1.04 bits per heavy atom. The maximum absolute atomic E-state index is 10.9. The van der Waals surface area contributed by atoms with Crippen molar-refractivity contribution < 1.29 is 19.4 Å². The topological polar surface area (TPSA) is 55.8 Å². The lowest BCUT2D eigenvalue weighted by Crippen LogP contribution is -2.19. The molecule has 1 N–H and O–H groups in total. The normalized spacial score (nSPS) is 13.8. The van der Waals surface area contributed by atoms with Crippen molar-refractivity contribution in [2.75, 3.05) is 0 Å². The number of carboxylic acids is 1. The summed E-state index contributed by atoms with van der Waals surface area (Å²) in [5.74, 6) is 0.371. The molecule has 2 aromatic rings. The standard InChI is InChI=1S/C24H32O4/c1-6-7-22(24(3,4)5)19-12-14-21(15-13-19)28-17(2)27-16-18-8-10-20(11-9-18)23(25)26/h8-15,17,22H,6-7,16H2,1-5H3,(H,25,26). The summed E-state index contributed by atoms with van der Waals surface area (Å²) >= 11 is 0. The van der Waals surface area contributed by atoms with Gasteiger partial charge in [-0.3, -0.25) is 0 Å². The van der Waals surface area contributed by atoms with Crippen LogP contribution in [0.15, 0.2) is 48.5 Å². The van der Waals surface area contributed by atoms with Gasteiger partial charge in [0.25, 0.3) is 0 Å². The second-order valence-corrected chi connectivity index (χ2v) is 8.27. The van der Waals surface area contributed by atoms with E-state index in [1.165, 1.54) is 18.4 Å². The van der Waals surface area contributed by atoms with Gasteiger partial charge in [-0.05, 0) is 60.1 Å². The molecule has 2 atom stereocenters. The Morgan fingerprint density at radius 2 is 1.64 bits per heavy atom. The molecule has 0 saturated heterocycles. The summed E-state index contributed by atoms with van der Waals surface area (Å²) < 4.78 is 11.6. The molecule has 0 aliphatic rings. The second-order valence-electron chi connectivity index (χ2n) is 8.27. The van der Waals surface area contributed by atoms with Crippen LogP contribution in [0.25, 0.3) is 0 Å². The van der Waals surface area contributed by atoms with Crippen molar-refractivity contribution in [1.82, 2.24) is 0 Å². The van der Waals surface area contributed by atoms with Crippen LogP contribution in [0.1, 0.15) is 74.9 Å².